The predicted octanol–water partition coefficient (Wildman–Crippen LogP) is 3.27. The molecule has 0 N–H and O–H groups in total. The number of carbonyl (C=O) groups excluding carboxylic acids is 1. The van der Waals surface area contributed by atoms with Gasteiger partial charge in [-0.05, 0) is 26.3 Å². The van der Waals surface area contributed by atoms with Crippen molar-refractivity contribution >= 4 is 12.0 Å². The smallest absolute Gasteiger partial charge is 0.360 e. The van der Waals surface area contributed by atoms with Crippen LogP contribution in [0.25, 0.3) is 0 Å². The highest BCUT2D eigenvalue weighted by Crippen LogP contribution is 2.20. The summed E-state index contributed by atoms with van der Waals surface area (Å²) >= 11 is 0. The number of oxazole rings is 1. The molecule has 0 saturated heterocycles. The van der Waals surface area contributed by atoms with Crippen LogP contribution >= 0.6 is 0 Å². The molecule has 0 atom stereocenters. The minimum absolute atomic E-state index is 0.193. The standard InChI is InChI=1S/C16H20N2O3/c1-4-20-15(19)14-11-21-16(17-14)18(12(2)3)10-13-8-6-5-7-9-13/h5-9,11-12H,4,10H2,1-3H3. The Bertz CT molecular complexity index is 578. The first-order valence-electron chi connectivity index (χ1n) is 7.05. The highest BCUT2D eigenvalue weighted by atomic mass is 16.5. The van der Waals surface area contributed by atoms with Crippen molar-refractivity contribution in [1.29, 1.82) is 0 Å². The second-order valence-electron chi connectivity index (χ2n) is 4.94. The van der Waals surface area contributed by atoms with Gasteiger partial charge in [-0.1, -0.05) is 30.3 Å². The molecule has 0 spiro atoms. The number of esters is 1. The summed E-state index contributed by atoms with van der Waals surface area (Å²) in [6, 6.07) is 10.7. The quantitative estimate of drug-likeness (QED) is 0.764. The van der Waals surface area contributed by atoms with Crippen LogP contribution in [0.1, 0.15) is 36.8 Å². The Labute approximate surface area is 124 Å². The Kier molecular flexibility index (Phi) is 4.98. The van der Waals surface area contributed by atoms with Gasteiger partial charge >= 0.3 is 5.97 Å². The minimum atomic E-state index is -0.462. The zero-order valence-electron chi connectivity index (χ0n) is 12.6. The van der Waals surface area contributed by atoms with E-state index < -0.39 is 5.97 Å². The third-order valence-corrected chi connectivity index (χ3v) is 3.04. The van der Waals surface area contributed by atoms with E-state index in [0.717, 1.165) is 5.56 Å². The Morgan fingerprint density at radius 1 is 1.33 bits per heavy atom. The second kappa shape index (κ2) is 6.92. The molecule has 0 bridgehead atoms. The van der Waals surface area contributed by atoms with Gasteiger partial charge in [0.25, 0.3) is 6.01 Å². The van der Waals surface area contributed by atoms with Crippen molar-refractivity contribution in [3.05, 3.63) is 47.9 Å². The summed E-state index contributed by atoms with van der Waals surface area (Å²) in [5.41, 5.74) is 1.35. The van der Waals surface area contributed by atoms with E-state index in [2.05, 4.69) is 18.8 Å². The SMILES string of the molecule is CCOC(=O)c1coc(N(Cc2ccccc2)C(C)C)n1. The number of hydrogen-bond acceptors (Lipinski definition) is 5. The predicted molar refractivity (Wildman–Crippen MR) is 80.2 cm³/mol. The summed E-state index contributed by atoms with van der Waals surface area (Å²) in [6.45, 7) is 6.85. The Balaban J connectivity index is 2.17. The molecule has 1 heterocycles. The number of hydrogen-bond donors (Lipinski definition) is 0. The zero-order valence-corrected chi connectivity index (χ0v) is 12.6. The topological polar surface area (TPSA) is 55.6 Å². The molecule has 0 aliphatic rings. The van der Waals surface area contributed by atoms with Crippen LogP contribution in [0.5, 0.6) is 0 Å². The highest BCUT2D eigenvalue weighted by molar-refractivity contribution is 5.87. The van der Waals surface area contributed by atoms with E-state index >= 15 is 0 Å². The van der Waals surface area contributed by atoms with Gasteiger partial charge in [0.15, 0.2) is 5.69 Å². The van der Waals surface area contributed by atoms with Gasteiger partial charge in [-0.3, -0.25) is 0 Å². The lowest BCUT2D eigenvalue weighted by atomic mass is 10.2. The third-order valence-electron chi connectivity index (χ3n) is 3.04. The summed E-state index contributed by atoms with van der Waals surface area (Å²) in [4.78, 5) is 17.9. The first-order valence-corrected chi connectivity index (χ1v) is 7.05. The van der Waals surface area contributed by atoms with Crippen LogP contribution < -0.4 is 4.90 Å². The van der Waals surface area contributed by atoms with E-state index in [1.807, 2.05) is 35.2 Å². The number of rotatable bonds is 6. The largest absolute Gasteiger partial charge is 0.461 e. The third kappa shape index (κ3) is 3.84. The van der Waals surface area contributed by atoms with Crippen LogP contribution in [-0.2, 0) is 11.3 Å². The van der Waals surface area contributed by atoms with Gasteiger partial charge in [0.2, 0.25) is 0 Å². The molecule has 2 aromatic rings. The molecule has 0 aliphatic heterocycles. The number of ether oxygens (including phenoxy) is 1. The van der Waals surface area contributed by atoms with E-state index in [1.54, 1.807) is 6.92 Å². The second-order valence-corrected chi connectivity index (χ2v) is 4.94. The molecule has 5 nitrogen and oxygen atoms in total. The monoisotopic (exact) mass is 288 g/mol. The number of aromatic nitrogens is 1. The van der Waals surface area contributed by atoms with Gasteiger partial charge < -0.3 is 14.1 Å². The summed E-state index contributed by atoms with van der Waals surface area (Å²) in [5, 5.41) is 0. The number of nitrogens with zero attached hydrogens (tertiary/aromatic N) is 2. The molecule has 5 heteroatoms. The normalized spacial score (nSPS) is 10.7. The lowest BCUT2D eigenvalue weighted by Gasteiger charge is -2.24. The van der Waals surface area contributed by atoms with Crippen molar-refractivity contribution in [3.63, 3.8) is 0 Å². The molecule has 0 amide bonds. The van der Waals surface area contributed by atoms with Crippen LogP contribution in [0.4, 0.5) is 6.01 Å². The van der Waals surface area contributed by atoms with Crippen LogP contribution in [0.3, 0.4) is 0 Å². The molecule has 0 aliphatic carbocycles. The van der Waals surface area contributed by atoms with Gasteiger partial charge in [0, 0.05) is 12.6 Å². The van der Waals surface area contributed by atoms with Gasteiger partial charge in [0.05, 0.1) is 6.61 Å². The maximum absolute atomic E-state index is 11.6. The lowest BCUT2D eigenvalue weighted by molar-refractivity contribution is 0.0519. The molecule has 0 fully saturated rings. The number of anilines is 1. The molecular weight excluding hydrogens is 268 g/mol. The Hall–Kier alpha value is -2.30. The fourth-order valence-electron chi connectivity index (χ4n) is 1.95. The van der Waals surface area contributed by atoms with E-state index in [1.165, 1.54) is 6.26 Å². The van der Waals surface area contributed by atoms with Gasteiger partial charge in [-0.2, -0.15) is 4.98 Å². The molecule has 2 rings (SSSR count). The summed E-state index contributed by atoms with van der Waals surface area (Å²) in [7, 11) is 0. The average Bonchev–Trinajstić information content (AvgIpc) is 2.95. The molecule has 0 radical (unpaired) electrons. The summed E-state index contributed by atoms with van der Waals surface area (Å²) in [5.74, 6) is -0.462. The number of benzene rings is 1. The van der Waals surface area contributed by atoms with Crippen molar-refractivity contribution in [2.75, 3.05) is 11.5 Å². The molecule has 1 aromatic heterocycles. The van der Waals surface area contributed by atoms with Crippen molar-refractivity contribution in [2.45, 2.75) is 33.4 Å². The highest BCUT2D eigenvalue weighted by Gasteiger charge is 2.20. The lowest BCUT2D eigenvalue weighted by Crippen LogP contribution is -2.30. The van der Waals surface area contributed by atoms with Crippen molar-refractivity contribution in [2.24, 2.45) is 0 Å². The zero-order chi connectivity index (χ0) is 15.2. The van der Waals surface area contributed by atoms with E-state index in [-0.39, 0.29) is 11.7 Å². The first-order chi connectivity index (χ1) is 10.1. The fraction of sp³-hybridized carbons (Fsp3) is 0.375. The van der Waals surface area contributed by atoms with E-state index in [0.29, 0.717) is 19.2 Å². The average molecular weight is 288 g/mol. The maximum Gasteiger partial charge on any atom is 0.360 e. The molecule has 0 saturated carbocycles. The molecule has 112 valence electrons. The van der Waals surface area contributed by atoms with Gasteiger partial charge in [0.1, 0.15) is 6.26 Å². The van der Waals surface area contributed by atoms with Crippen molar-refractivity contribution in [3.8, 4) is 0 Å². The minimum Gasteiger partial charge on any atom is -0.461 e. The van der Waals surface area contributed by atoms with E-state index in [9.17, 15) is 4.79 Å². The van der Waals surface area contributed by atoms with Crippen LogP contribution in [0.15, 0.2) is 41.0 Å². The molecule has 0 unspecified atom stereocenters. The maximum atomic E-state index is 11.6. The molecule has 1 aromatic carbocycles. The molecule has 21 heavy (non-hydrogen) atoms. The van der Waals surface area contributed by atoms with Crippen LogP contribution in [-0.4, -0.2) is 23.6 Å². The van der Waals surface area contributed by atoms with E-state index in [4.69, 9.17) is 9.15 Å². The molecular formula is C16H20N2O3. The Morgan fingerprint density at radius 3 is 2.67 bits per heavy atom. The van der Waals surface area contributed by atoms with Crippen molar-refractivity contribution < 1.29 is 13.9 Å². The van der Waals surface area contributed by atoms with Crippen LogP contribution in [0.2, 0.25) is 0 Å². The first kappa shape index (κ1) is 15.1. The Morgan fingerprint density at radius 2 is 2.05 bits per heavy atom. The van der Waals surface area contributed by atoms with Gasteiger partial charge in [-0.25, -0.2) is 4.79 Å². The fourth-order valence-corrected chi connectivity index (χ4v) is 1.95. The van der Waals surface area contributed by atoms with Crippen molar-refractivity contribution in [1.82, 2.24) is 4.98 Å². The van der Waals surface area contributed by atoms with Gasteiger partial charge in [-0.15, -0.1) is 0 Å². The summed E-state index contributed by atoms with van der Waals surface area (Å²) in [6.07, 6.45) is 1.34. The number of carbonyl (C=O) groups is 1. The van der Waals surface area contributed by atoms with Crippen LogP contribution in [0, 0.1) is 0 Å². The summed E-state index contributed by atoms with van der Waals surface area (Å²) < 4.78 is 10.4.